The third-order valence-electron chi connectivity index (χ3n) is 4.06. The minimum absolute atomic E-state index is 0.793. The Hall–Kier alpha value is -1.58. The van der Waals surface area contributed by atoms with E-state index in [1.54, 1.807) is 0 Å². The summed E-state index contributed by atoms with van der Waals surface area (Å²) in [5.74, 6) is 0.980. The predicted molar refractivity (Wildman–Crippen MR) is 88.1 cm³/mol. The molecule has 1 heterocycles. The summed E-state index contributed by atoms with van der Waals surface area (Å²) in [4.78, 5) is 2.50. The third kappa shape index (κ3) is 3.96. The molecule has 2 aromatic carbocycles. The number of aryl methyl sites for hydroxylation is 1. The maximum Gasteiger partial charge on any atom is 0.119 e. The van der Waals surface area contributed by atoms with E-state index in [0.717, 1.165) is 51.5 Å². The SMILES string of the molecule is Cc1ccc2ccc(OCCCN3CCNCC3)cc2c1. The van der Waals surface area contributed by atoms with Gasteiger partial charge in [-0.15, -0.1) is 0 Å². The van der Waals surface area contributed by atoms with Gasteiger partial charge in [-0.3, -0.25) is 0 Å². The Morgan fingerprint density at radius 3 is 2.71 bits per heavy atom. The fourth-order valence-corrected chi connectivity index (χ4v) is 2.85. The zero-order chi connectivity index (χ0) is 14.5. The summed E-state index contributed by atoms with van der Waals surface area (Å²) in [5, 5.41) is 5.91. The monoisotopic (exact) mass is 284 g/mol. The van der Waals surface area contributed by atoms with E-state index in [2.05, 4.69) is 53.5 Å². The molecule has 0 radical (unpaired) electrons. The summed E-state index contributed by atoms with van der Waals surface area (Å²) in [7, 11) is 0. The first-order chi connectivity index (χ1) is 10.3. The fraction of sp³-hybridized carbons (Fsp3) is 0.444. The number of fused-ring (bicyclic) bond motifs is 1. The van der Waals surface area contributed by atoms with Crippen molar-refractivity contribution in [2.24, 2.45) is 0 Å². The van der Waals surface area contributed by atoms with Gasteiger partial charge in [0.05, 0.1) is 6.61 Å². The highest BCUT2D eigenvalue weighted by Gasteiger charge is 2.08. The van der Waals surface area contributed by atoms with Gasteiger partial charge in [0.1, 0.15) is 5.75 Å². The van der Waals surface area contributed by atoms with Crippen molar-refractivity contribution in [2.75, 3.05) is 39.3 Å². The summed E-state index contributed by atoms with van der Waals surface area (Å²) in [6, 6.07) is 12.9. The second kappa shape index (κ2) is 6.92. The lowest BCUT2D eigenvalue weighted by Crippen LogP contribution is -2.43. The minimum atomic E-state index is 0.793. The largest absolute Gasteiger partial charge is 0.494 e. The summed E-state index contributed by atoms with van der Waals surface area (Å²) in [5.41, 5.74) is 1.29. The summed E-state index contributed by atoms with van der Waals surface area (Å²) in [6.07, 6.45) is 1.09. The van der Waals surface area contributed by atoms with E-state index in [-0.39, 0.29) is 0 Å². The topological polar surface area (TPSA) is 24.5 Å². The van der Waals surface area contributed by atoms with Crippen molar-refractivity contribution < 1.29 is 4.74 Å². The molecule has 0 spiro atoms. The van der Waals surface area contributed by atoms with Crippen molar-refractivity contribution >= 4 is 10.8 Å². The lowest BCUT2D eigenvalue weighted by molar-refractivity contribution is 0.214. The van der Waals surface area contributed by atoms with E-state index in [0.29, 0.717) is 0 Å². The Labute approximate surface area is 126 Å². The smallest absolute Gasteiger partial charge is 0.119 e. The van der Waals surface area contributed by atoms with Crippen molar-refractivity contribution in [1.29, 1.82) is 0 Å². The van der Waals surface area contributed by atoms with Crippen LogP contribution in [-0.4, -0.2) is 44.2 Å². The van der Waals surface area contributed by atoms with Crippen molar-refractivity contribution in [3.8, 4) is 5.75 Å². The molecule has 0 unspecified atom stereocenters. The standard InChI is InChI=1S/C18H24N2O/c1-15-3-4-16-5-6-18(14-17(16)13-15)21-12-2-9-20-10-7-19-8-11-20/h3-6,13-14,19H,2,7-12H2,1H3. The molecule has 0 saturated carbocycles. The predicted octanol–water partition coefficient (Wildman–Crippen LogP) is 2.82. The van der Waals surface area contributed by atoms with Gasteiger partial charge >= 0.3 is 0 Å². The molecule has 3 nitrogen and oxygen atoms in total. The number of ether oxygens (including phenoxy) is 1. The van der Waals surface area contributed by atoms with E-state index in [1.807, 2.05) is 0 Å². The van der Waals surface area contributed by atoms with Gasteiger partial charge in [0.2, 0.25) is 0 Å². The molecule has 2 aromatic rings. The molecular formula is C18H24N2O. The molecule has 1 fully saturated rings. The van der Waals surface area contributed by atoms with E-state index in [1.165, 1.54) is 16.3 Å². The summed E-state index contributed by atoms with van der Waals surface area (Å²) < 4.78 is 5.90. The van der Waals surface area contributed by atoms with Crippen LogP contribution in [0.3, 0.4) is 0 Å². The van der Waals surface area contributed by atoms with E-state index < -0.39 is 0 Å². The Morgan fingerprint density at radius 2 is 1.86 bits per heavy atom. The third-order valence-corrected chi connectivity index (χ3v) is 4.06. The Bertz CT molecular complexity index is 591. The quantitative estimate of drug-likeness (QED) is 0.855. The number of benzene rings is 2. The van der Waals surface area contributed by atoms with Crippen LogP contribution in [0.1, 0.15) is 12.0 Å². The second-order valence-corrected chi connectivity index (χ2v) is 5.81. The molecule has 0 atom stereocenters. The van der Waals surface area contributed by atoms with Crippen LogP contribution in [0.25, 0.3) is 10.8 Å². The van der Waals surface area contributed by atoms with Gasteiger partial charge in [-0.2, -0.15) is 0 Å². The maximum atomic E-state index is 5.90. The summed E-state index contributed by atoms with van der Waals surface area (Å²) >= 11 is 0. The maximum absolute atomic E-state index is 5.90. The zero-order valence-electron chi connectivity index (χ0n) is 12.8. The number of nitrogens with zero attached hydrogens (tertiary/aromatic N) is 1. The summed E-state index contributed by atoms with van der Waals surface area (Å²) in [6.45, 7) is 8.61. The lowest BCUT2D eigenvalue weighted by atomic mass is 10.1. The van der Waals surface area contributed by atoms with Gasteiger partial charge in [-0.25, -0.2) is 0 Å². The highest BCUT2D eigenvalue weighted by atomic mass is 16.5. The van der Waals surface area contributed by atoms with Gasteiger partial charge in [0, 0.05) is 32.7 Å². The van der Waals surface area contributed by atoms with Crippen LogP contribution in [0.5, 0.6) is 5.75 Å². The van der Waals surface area contributed by atoms with Crippen molar-refractivity contribution in [3.05, 3.63) is 42.0 Å². The number of nitrogens with one attached hydrogen (secondary N) is 1. The molecule has 21 heavy (non-hydrogen) atoms. The van der Waals surface area contributed by atoms with Crippen LogP contribution >= 0.6 is 0 Å². The van der Waals surface area contributed by atoms with Crippen LogP contribution in [0.4, 0.5) is 0 Å². The highest BCUT2D eigenvalue weighted by molar-refractivity contribution is 5.84. The molecular weight excluding hydrogens is 260 g/mol. The molecule has 1 N–H and O–H groups in total. The molecule has 0 amide bonds. The molecule has 3 rings (SSSR count). The van der Waals surface area contributed by atoms with Crippen molar-refractivity contribution in [3.63, 3.8) is 0 Å². The number of hydrogen-bond acceptors (Lipinski definition) is 3. The second-order valence-electron chi connectivity index (χ2n) is 5.81. The number of rotatable bonds is 5. The normalized spacial score (nSPS) is 16.2. The highest BCUT2D eigenvalue weighted by Crippen LogP contribution is 2.22. The minimum Gasteiger partial charge on any atom is -0.494 e. The van der Waals surface area contributed by atoms with Crippen molar-refractivity contribution in [2.45, 2.75) is 13.3 Å². The molecule has 1 aliphatic rings. The molecule has 112 valence electrons. The average molecular weight is 284 g/mol. The molecule has 3 heteroatoms. The lowest BCUT2D eigenvalue weighted by Gasteiger charge is -2.26. The van der Waals surface area contributed by atoms with Crippen LogP contribution in [0.2, 0.25) is 0 Å². The molecule has 1 saturated heterocycles. The first kappa shape index (κ1) is 14.4. The first-order valence-electron chi connectivity index (χ1n) is 7.87. The van der Waals surface area contributed by atoms with E-state index >= 15 is 0 Å². The average Bonchev–Trinajstić information content (AvgIpc) is 2.52. The molecule has 0 aromatic heterocycles. The van der Waals surface area contributed by atoms with Gasteiger partial charge in [-0.05, 0) is 36.2 Å². The van der Waals surface area contributed by atoms with E-state index in [4.69, 9.17) is 4.74 Å². The molecule has 0 aliphatic carbocycles. The Morgan fingerprint density at radius 1 is 1.05 bits per heavy atom. The molecule has 0 bridgehead atoms. The first-order valence-corrected chi connectivity index (χ1v) is 7.87. The number of hydrogen-bond donors (Lipinski definition) is 1. The molecule has 1 aliphatic heterocycles. The fourth-order valence-electron chi connectivity index (χ4n) is 2.85. The Balaban J connectivity index is 1.50. The van der Waals surface area contributed by atoms with Gasteiger partial charge in [0.25, 0.3) is 0 Å². The van der Waals surface area contributed by atoms with E-state index in [9.17, 15) is 0 Å². The Kier molecular flexibility index (Phi) is 4.73. The van der Waals surface area contributed by atoms with Gasteiger partial charge < -0.3 is 15.0 Å². The number of piperazine rings is 1. The van der Waals surface area contributed by atoms with Crippen LogP contribution in [0.15, 0.2) is 36.4 Å². The van der Waals surface area contributed by atoms with Crippen LogP contribution < -0.4 is 10.1 Å². The van der Waals surface area contributed by atoms with Crippen molar-refractivity contribution in [1.82, 2.24) is 10.2 Å². The van der Waals surface area contributed by atoms with Gasteiger partial charge in [0.15, 0.2) is 0 Å². The van der Waals surface area contributed by atoms with Gasteiger partial charge in [-0.1, -0.05) is 29.8 Å². The van der Waals surface area contributed by atoms with Crippen LogP contribution in [-0.2, 0) is 0 Å². The zero-order valence-corrected chi connectivity index (χ0v) is 12.8. The van der Waals surface area contributed by atoms with Crippen LogP contribution in [0, 0.1) is 6.92 Å².